The average molecular weight is 231 g/mol. The molecule has 90 valence electrons. The molecule has 0 atom stereocenters. The molecule has 0 radical (unpaired) electrons. The Labute approximate surface area is 100 Å². The molecule has 0 unspecified atom stereocenters. The van der Waals surface area contributed by atoms with Gasteiger partial charge in [0.1, 0.15) is 11.5 Å². The van der Waals surface area contributed by atoms with Crippen LogP contribution >= 0.6 is 0 Å². The number of aromatic nitrogens is 5. The fourth-order valence-corrected chi connectivity index (χ4v) is 2.59. The Kier molecular flexibility index (Phi) is 2.46. The maximum Gasteiger partial charge on any atom is 0.199 e. The van der Waals surface area contributed by atoms with Crippen molar-refractivity contribution in [1.82, 2.24) is 25.0 Å². The zero-order valence-corrected chi connectivity index (χ0v) is 10.3. The molecule has 2 heterocycles. The molecule has 5 nitrogen and oxygen atoms in total. The van der Waals surface area contributed by atoms with Gasteiger partial charge >= 0.3 is 0 Å². The van der Waals surface area contributed by atoms with Crippen LogP contribution in [0.3, 0.4) is 0 Å². The zero-order chi connectivity index (χ0) is 11.8. The van der Waals surface area contributed by atoms with Gasteiger partial charge in [-0.05, 0) is 25.8 Å². The van der Waals surface area contributed by atoms with E-state index < -0.39 is 0 Å². The molecular weight excluding hydrogens is 214 g/mol. The lowest BCUT2D eigenvalue weighted by Gasteiger charge is -2.01. The van der Waals surface area contributed by atoms with Gasteiger partial charge in [0.05, 0.1) is 5.69 Å². The predicted octanol–water partition coefficient (Wildman–Crippen LogP) is 2.17. The summed E-state index contributed by atoms with van der Waals surface area (Å²) in [7, 11) is 1.92. The molecule has 0 aliphatic heterocycles. The van der Waals surface area contributed by atoms with Gasteiger partial charge in [0.15, 0.2) is 5.82 Å². The van der Waals surface area contributed by atoms with Crippen molar-refractivity contribution in [3.63, 3.8) is 0 Å². The minimum absolute atomic E-state index is 0.575. The van der Waals surface area contributed by atoms with Crippen molar-refractivity contribution in [3.05, 3.63) is 17.6 Å². The molecule has 1 aliphatic carbocycles. The van der Waals surface area contributed by atoms with E-state index >= 15 is 0 Å². The molecule has 0 amide bonds. The fourth-order valence-electron chi connectivity index (χ4n) is 2.59. The Hall–Kier alpha value is -1.65. The van der Waals surface area contributed by atoms with Gasteiger partial charge in [0, 0.05) is 13.0 Å². The van der Waals surface area contributed by atoms with Crippen molar-refractivity contribution in [3.8, 4) is 11.5 Å². The lowest BCUT2D eigenvalue weighted by Crippen LogP contribution is -1.96. The number of H-pyrrole nitrogens is 1. The molecule has 1 aliphatic rings. The normalized spacial score (nSPS) is 16.8. The number of aromatic amines is 1. The fraction of sp³-hybridized carbons (Fsp3) is 0.583. The quantitative estimate of drug-likeness (QED) is 0.861. The summed E-state index contributed by atoms with van der Waals surface area (Å²) < 4.78 is 1.83. The highest BCUT2D eigenvalue weighted by atomic mass is 15.3. The molecule has 5 heteroatoms. The summed E-state index contributed by atoms with van der Waals surface area (Å²) in [6.07, 6.45) is 5.09. The van der Waals surface area contributed by atoms with Crippen LogP contribution in [0, 0.1) is 6.92 Å². The van der Waals surface area contributed by atoms with E-state index in [-0.39, 0.29) is 0 Å². The number of hydrogen-bond donors (Lipinski definition) is 1. The molecule has 0 bridgehead atoms. The van der Waals surface area contributed by atoms with E-state index in [0.717, 1.165) is 23.0 Å². The lowest BCUT2D eigenvalue weighted by atomic mass is 10.1. The lowest BCUT2D eigenvalue weighted by molar-refractivity contribution is 0.672. The van der Waals surface area contributed by atoms with E-state index in [2.05, 4.69) is 20.3 Å². The van der Waals surface area contributed by atoms with Gasteiger partial charge in [0.25, 0.3) is 0 Å². The van der Waals surface area contributed by atoms with Crippen LogP contribution in [0.5, 0.6) is 0 Å². The number of nitrogens with zero attached hydrogens (tertiary/aromatic N) is 4. The third-order valence-corrected chi connectivity index (χ3v) is 3.48. The van der Waals surface area contributed by atoms with Gasteiger partial charge in [-0.1, -0.05) is 12.8 Å². The molecule has 2 aromatic rings. The number of aryl methyl sites for hydroxylation is 2. The van der Waals surface area contributed by atoms with Crippen molar-refractivity contribution in [2.75, 3.05) is 0 Å². The van der Waals surface area contributed by atoms with E-state index in [1.54, 1.807) is 0 Å². The first-order chi connectivity index (χ1) is 8.24. The average Bonchev–Trinajstić information content (AvgIpc) is 2.97. The SMILES string of the molecule is Cc1cc(-c2n[nH]c(C3CCCC3)n2)n(C)n1. The smallest absolute Gasteiger partial charge is 0.199 e. The summed E-state index contributed by atoms with van der Waals surface area (Å²) in [6, 6.07) is 2.02. The van der Waals surface area contributed by atoms with E-state index in [0.29, 0.717) is 5.92 Å². The maximum atomic E-state index is 4.61. The predicted molar refractivity (Wildman–Crippen MR) is 64.5 cm³/mol. The Bertz CT molecular complexity index is 519. The van der Waals surface area contributed by atoms with Crippen LogP contribution in [-0.4, -0.2) is 25.0 Å². The first-order valence-electron chi connectivity index (χ1n) is 6.17. The van der Waals surface area contributed by atoms with Crippen LogP contribution in [0.15, 0.2) is 6.07 Å². The van der Waals surface area contributed by atoms with Gasteiger partial charge in [-0.15, -0.1) is 0 Å². The minimum Gasteiger partial charge on any atom is -0.264 e. The second-order valence-electron chi connectivity index (χ2n) is 4.82. The van der Waals surface area contributed by atoms with Gasteiger partial charge in [-0.25, -0.2) is 4.98 Å². The number of hydrogen-bond acceptors (Lipinski definition) is 3. The van der Waals surface area contributed by atoms with Crippen molar-refractivity contribution in [2.24, 2.45) is 7.05 Å². The molecule has 2 aromatic heterocycles. The zero-order valence-electron chi connectivity index (χ0n) is 10.3. The largest absolute Gasteiger partial charge is 0.264 e. The van der Waals surface area contributed by atoms with Crippen molar-refractivity contribution >= 4 is 0 Å². The van der Waals surface area contributed by atoms with Gasteiger partial charge in [0.2, 0.25) is 0 Å². The molecule has 0 saturated heterocycles. The van der Waals surface area contributed by atoms with Crippen molar-refractivity contribution in [2.45, 2.75) is 38.5 Å². The second-order valence-corrected chi connectivity index (χ2v) is 4.82. The molecule has 1 N–H and O–H groups in total. The Morgan fingerprint density at radius 2 is 2.12 bits per heavy atom. The van der Waals surface area contributed by atoms with Crippen LogP contribution in [0.2, 0.25) is 0 Å². The van der Waals surface area contributed by atoms with Gasteiger partial charge in [-0.2, -0.15) is 10.2 Å². The summed E-state index contributed by atoms with van der Waals surface area (Å²) >= 11 is 0. The van der Waals surface area contributed by atoms with Gasteiger partial charge < -0.3 is 0 Å². The number of rotatable bonds is 2. The molecule has 0 aromatic carbocycles. The highest BCUT2D eigenvalue weighted by molar-refractivity contribution is 5.49. The molecule has 1 fully saturated rings. The molecule has 0 spiro atoms. The Balaban J connectivity index is 1.91. The van der Waals surface area contributed by atoms with E-state index in [1.165, 1.54) is 25.7 Å². The summed E-state index contributed by atoms with van der Waals surface area (Å²) in [4.78, 5) is 4.61. The van der Waals surface area contributed by atoms with Crippen molar-refractivity contribution < 1.29 is 0 Å². The van der Waals surface area contributed by atoms with Crippen LogP contribution < -0.4 is 0 Å². The molecule has 17 heavy (non-hydrogen) atoms. The summed E-state index contributed by atoms with van der Waals surface area (Å²) in [5.74, 6) is 2.37. The van der Waals surface area contributed by atoms with E-state index in [9.17, 15) is 0 Å². The third kappa shape index (κ3) is 1.85. The monoisotopic (exact) mass is 231 g/mol. The van der Waals surface area contributed by atoms with Crippen molar-refractivity contribution in [1.29, 1.82) is 0 Å². The first kappa shape index (κ1) is 10.5. The topological polar surface area (TPSA) is 59.4 Å². The summed E-state index contributed by atoms with van der Waals surface area (Å²) in [6.45, 7) is 1.98. The minimum atomic E-state index is 0.575. The maximum absolute atomic E-state index is 4.61. The third-order valence-electron chi connectivity index (χ3n) is 3.48. The summed E-state index contributed by atoms with van der Waals surface area (Å²) in [5.41, 5.74) is 1.97. The second kappa shape index (κ2) is 3.98. The Morgan fingerprint density at radius 1 is 1.35 bits per heavy atom. The van der Waals surface area contributed by atoms with E-state index in [4.69, 9.17) is 0 Å². The first-order valence-corrected chi connectivity index (χ1v) is 6.17. The van der Waals surface area contributed by atoms with Crippen LogP contribution in [0.1, 0.15) is 43.1 Å². The molecular formula is C12H17N5. The van der Waals surface area contributed by atoms with Crippen LogP contribution in [0.25, 0.3) is 11.5 Å². The van der Waals surface area contributed by atoms with Gasteiger partial charge in [-0.3, -0.25) is 9.78 Å². The molecule has 3 rings (SSSR count). The number of nitrogens with one attached hydrogen (secondary N) is 1. The molecule has 1 saturated carbocycles. The van der Waals surface area contributed by atoms with Crippen LogP contribution in [-0.2, 0) is 7.05 Å². The summed E-state index contributed by atoms with van der Waals surface area (Å²) in [5, 5.41) is 11.7. The standard InChI is InChI=1S/C12H17N5/c1-8-7-10(17(2)16-8)12-13-11(14-15-12)9-5-3-4-6-9/h7,9H,3-6H2,1-2H3,(H,13,14,15). The highest BCUT2D eigenvalue weighted by Crippen LogP contribution is 2.32. The Morgan fingerprint density at radius 3 is 2.76 bits per heavy atom. The van der Waals surface area contributed by atoms with Crippen LogP contribution in [0.4, 0.5) is 0 Å². The highest BCUT2D eigenvalue weighted by Gasteiger charge is 2.21. The van der Waals surface area contributed by atoms with E-state index in [1.807, 2.05) is 24.7 Å².